The van der Waals surface area contributed by atoms with Crippen molar-refractivity contribution in [1.82, 2.24) is 15.1 Å². The van der Waals surface area contributed by atoms with Crippen LogP contribution in [0.3, 0.4) is 0 Å². The van der Waals surface area contributed by atoms with Gasteiger partial charge in [0.05, 0.1) is 27.8 Å². The number of aromatic nitrogens is 2. The lowest BCUT2D eigenvalue weighted by atomic mass is 9.80. The number of carbonyl (C=O) groups is 2. The highest BCUT2D eigenvalue weighted by Gasteiger charge is 2.47. The minimum atomic E-state index is -4.68. The highest BCUT2D eigenvalue weighted by molar-refractivity contribution is 6.05. The number of likely N-dealkylation sites (N-methyl/N-ethyl adjacent to an activating group) is 1. The Morgan fingerprint density at radius 3 is 2.39 bits per heavy atom. The van der Waals surface area contributed by atoms with Gasteiger partial charge in [-0.2, -0.15) is 18.3 Å². The van der Waals surface area contributed by atoms with E-state index in [2.05, 4.69) is 10.4 Å². The van der Waals surface area contributed by atoms with Gasteiger partial charge in [0.1, 0.15) is 11.9 Å². The van der Waals surface area contributed by atoms with E-state index in [1.165, 1.54) is 29.2 Å². The molecule has 2 atom stereocenters. The number of nitro benzene ring substituents is 1. The summed E-state index contributed by atoms with van der Waals surface area (Å²) in [4.78, 5) is 40.4. The maximum Gasteiger partial charge on any atom is 0.416 e. The summed E-state index contributed by atoms with van der Waals surface area (Å²) in [6.07, 6.45) is -4.68. The number of aryl methyl sites for hydroxylation is 1. The second-order valence-electron chi connectivity index (χ2n) is 9.48. The molecule has 0 aliphatic carbocycles. The number of benzene rings is 3. The Bertz CT molecular complexity index is 1650. The monoisotopic (exact) mass is 563 g/mol. The normalized spacial score (nSPS) is 16.8. The fourth-order valence-corrected chi connectivity index (χ4v) is 5.25. The lowest BCUT2D eigenvalue weighted by Gasteiger charge is -2.38. The third-order valence-electron chi connectivity index (χ3n) is 7.04. The third kappa shape index (κ3) is 4.92. The smallest absolute Gasteiger partial charge is 0.339 e. The van der Waals surface area contributed by atoms with Crippen molar-refractivity contribution in [3.63, 3.8) is 0 Å². The molecule has 0 spiro atoms. The number of amides is 2. The molecule has 1 aliphatic rings. The zero-order valence-corrected chi connectivity index (χ0v) is 21.9. The first kappa shape index (κ1) is 27.6. The number of nitro groups is 1. The van der Waals surface area contributed by atoms with Crippen LogP contribution in [0.5, 0.6) is 0 Å². The Balaban J connectivity index is 1.70. The molecule has 2 heterocycles. The zero-order valence-electron chi connectivity index (χ0n) is 21.9. The predicted octanol–water partition coefficient (Wildman–Crippen LogP) is 5.40. The Morgan fingerprint density at radius 1 is 1.05 bits per heavy atom. The lowest BCUT2D eigenvalue weighted by molar-refractivity contribution is -0.385. The van der Waals surface area contributed by atoms with Crippen LogP contribution in [0.4, 0.5) is 24.7 Å². The van der Waals surface area contributed by atoms with Crippen molar-refractivity contribution in [2.75, 3.05) is 11.4 Å². The SMILES string of the molecule is CCN1C(=O)[C@@H](NC(=O)c2cccc(C(F)(F)F)c2)[C@@H](c2ccccc2[N+](=O)[O-])c2c(C)nn(-c3ccccc3)c21. The molecule has 1 N–H and O–H groups in total. The van der Waals surface area contributed by atoms with Gasteiger partial charge in [-0.05, 0) is 44.2 Å². The second-order valence-corrected chi connectivity index (χ2v) is 9.48. The van der Waals surface area contributed by atoms with Crippen molar-refractivity contribution >= 4 is 23.3 Å². The van der Waals surface area contributed by atoms with Crippen LogP contribution in [0.15, 0.2) is 78.9 Å². The van der Waals surface area contributed by atoms with Crippen LogP contribution in [0.2, 0.25) is 0 Å². The van der Waals surface area contributed by atoms with Gasteiger partial charge in [-0.3, -0.25) is 24.6 Å². The predicted molar refractivity (Wildman–Crippen MR) is 144 cm³/mol. The zero-order chi connectivity index (χ0) is 29.5. The Hall–Kier alpha value is -5.00. The van der Waals surface area contributed by atoms with Crippen LogP contribution < -0.4 is 10.2 Å². The molecule has 0 bridgehead atoms. The molecule has 210 valence electrons. The summed E-state index contributed by atoms with van der Waals surface area (Å²) in [6.45, 7) is 3.61. The number of para-hydroxylation sites is 2. The average Bonchev–Trinajstić information content (AvgIpc) is 3.30. The number of hydrogen-bond donors (Lipinski definition) is 1. The Kier molecular flexibility index (Phi) is 7.08. The van der Waals surface area contributed by atoms with E-state index < -0.39 is 40.4 Å². The summed E-state index contributed by atoms with van der Waals surface area (Å²) in [5, 5.41) is 19.3. The maximum absolute atomic E-state index is 14.1. The fourth-order valence-electron chi connectivity index (χ4n) is 5.25. The van der Waals surface area contributed by atoms with Crippen LogP contribution >= 0.6 is 0 Å². The minimum Gasteiger partial charge on any atom is -0.339 e. The van der Waals surface area contributed by atoms with Gasteiger partial charge >= 0.3 is 6.18 Å². The number of carbonyl (C=O) groups excluding carboxylic acids is 2. The van der Waals surface area contributed by atoms with E-state index in [1.807, 2.05) is 6.07 Å². The van der Waals surface area contributed by atoms with Crippen LogP contribution in [-0.4, -0.2) is 39.1 Å². The van der Waals surface area contributed by atoms with E-state index in [4.69, 9.17) is 0 Å². The van der Waals surface area contributed by atoms with E-state index >= 15 is 0 Å². The van der Waals surface area contributed by atoms with Gasteiger partial charge in [0.15, 0.2) is 0 Å². The molecular formula is C29H24F3N5O4. The summed E-state index contributed by atoms with van der Waals surface area (Å²) in [7, 11) is 0. The third-order valence-corrected chi connectivity index (χ3v) is 7.04. The van der Waals surface area contributed by atoms with Crippen LogP contribution in [-0.2, 0) is 11.0 Å². The van der Waals surface area contributed by atoms with E-state index in [0.29, 0.717) is 28.8 Å². The quantitative estimate of drug-likeness (QED) is 0.249. The summed E-state index contributed by atoms with van der Waals surface area (Å²) < 4.78 is 41.6. The van der Waals surface area contributed by atoms with E-state index in [0.717, 1.165) is 12.1 Å². The van der Waals surface area contributed by atoms with Crippen molar-refractivity contribution in [3.8, 4) is 5.69 Å². The standard InChI is InChI=1S/C29H24F3N5O4/c1-3-35-27-23(17(2)34-36(27)20-12-5-4-6-13-20)24(21-14-7-8-15-22(21)37(40)41)25(28(35)39)33-26(38)18-10-9-11-19(16-18)29(30,31)32/h4-16,24-25H,3H2,1-2H3,(H,33,38)/t24-,25-/m0/s1. The number of hydrogen-bond acceptors (Lipinski definition) is 5. The lowest BCUT2D eigenvalue weighted by Crippen LogP contribution is -2.55. The van der Waals surface area contributed by atoms with Crippen LogP contribution in [0.1, 0.15) is 45.6 Å². The molecule has 0 fully saturated rings. The Morgan fingerprint density at radius 2 is 1.73 bits per heavy atom. The number of rotatable bonds is 6. The first-order valence-electron chi connectivity index (χ1n) is 12.7. The van der Waals surface area contributed by atoms with Crippen molar-refractivity contribution in [1.29, 1.82) is 0 Å². The van der Waals surface area contributed by atoms with Crippen LogP contribution in [0.25, 0.3) is 5.69 Å². The van der Waals surface area contributed by atoms with E-state index in [-0.39, 0.29) is 23.4 Å². The second kappa shape index (κ2) is 10.5. The van der Waals surface area contributed by atoms with E-state index in [9.17, 15) is 32.9 Å². The molecule has 0 saturated carbocycles. The number of anilines is 1. The molecule has 3 aromatic carbocycles. The molecule has 1 aromatic heterocycles. The summed E-state index contributed by atoms with van der Waals surface area (Å²) >= 11 is 0. The molecule has 5 rings (SSSR count). The number of nitrogens with one attached hydrogen (secondary N) is 1. The van der Waals surface area contributed by atoms with Crippen molar-refractivity contribution in [3.05, 3.63) is 117 Å². The highest BCUT2D eigenvalue weighted by Crippen LogP contribution is 2.45. The number of fused-ring (bicyclic) bond motifs is 1. The summed E-state index contributed by atoms with van der Waals surface area (Å²) in [6, 6.07) is 17.4. The van der Waals surface area contributed by atoms with Crippen molar-refractivity contribution in [2.24, 2.45) is 0 Å². The molecule has 0 saturated heterocycles. The van der Waals surface area contributed by atoms with Crippen LogP contribution in [0, 0.1) is 17.0 Å². The molecule has 2 amide bonds. The minimum absolute atomic E-state index is 0.160. The molecule has 41 heavy (non-hydrogen) atoms. The summed E-state index contributed by atoms with van der Waals surface area (Å²) in [5.41, 5.74) is 0.165. The maximum atomic E-state index is 14.1. The first-order valence-corrected chi connectivity index (χ1v) is 12.7. The molecular weight excluding hydrogens is 539 g/mol. The van der Waals surface area contributed by atoms with Crippen molar-refractivity contribution in [2.45, 2.75) is 32.0 Å². The van der Waals surface area contributed by atoms with Gasteiger partial charge in [-0.1, -0.05) is 42.5 Å². The van der Waals surface area contributed by atoms with Gasteiger partial charge in [0.2, 0.25) is 0 Å². The fraction of sp³-hybridized carbons (Fsp3) is 0.207. The highest BCUT2D eigenvalue weighted by atomic mass is 19.4. The molecule has 12 heteroatoms. The Labute approximate surface area is 232 Å². The van der Waals surface area contributed by atoms with Gasteiger partial charge in [0.25, 0.3) is 17.5 Å². The van der Waals surface area contributed by atoms with Gasteiger partial charge < -0.3 is 5.32 Å². The largest absolute Gasteiger partial charge is 0.416 e. The van der Waals surface area contributed by atoms with Gasteiger partial charge in [0, 0.05) is 29.3 Å². The van der Waals surface area contributed by atoms with Crippen molar-refractivity contribution < 1.29 is 27.7 Å². The molecule has 0 radical (unpaired) electrons. The summed E-state index contributed by atoms with van der Waals surface area (Å²) in [5.74, 6) is -2.17. The average molecular weight is 564 g/mol. The molecule has 9 nitrogen and oxygen atoms in total. The number of nitrogens with zero attached hydrogens (tertiary/aromatic N) is 4. The number of halogens is 3. The molecule has 1 aliphatic heterocycles. The topological polar surface area (TPSA) is 110 Å². The molecule has 4 aromatic rings. The first-order chi connectivity index (χ1) is 19.5. The van der Waals surface area contributed by atoms with E-state index in [1.54, 1.807) is 48.9 Å². The number of alkyl halides is 3. The van der Waals surface area contributed by atoms with Gasteiger partial charge in [-0.15, -0.1) is 0 Å². The molecule has 0 unspecified atom stereocenters. The van der Waals surface area contributed by atoms with Gasteiger partial charge in [-0.25, -0.2) is 4.68 Å².